The Morgan fingerprint density at radius 2 is 0.842 bits per heavy atom. The van der Waals surface area contributed by atoms with E-state index >= 15 is 0 Å². The molecule has 0 aliphatic heterocycles. The fourth-order valence-corrected chi connectivity index (χ4v) is 5.14. The van der Waals surface area contributed by atoms with Crippen molar-refractivity contribution < 1.29 is 19.2 Å². The van der Waals surface area contributed by atoms with Crippen LogP contribution in [0.1, 0.15) is 124 Å². The molecule has 0 saturated heterocycles. The summed E-state index contributed by atoms with van der Waals surface area (Å²) in [4.78, 5) is 55.6. The van der Waals surface area contributed by atoms with Gasteiger partial charge in [0.1, 0.15) is 11.8 Å². The van der Waals surface area contributed by atoms with Gasteiger partial charge in [-0.1, -0.05) is 104 Å². The molecule has 0 rings (SSSR count). The first kappa shape index (κ1) is 35.9. The second kappa shape index (κ2) is 21.8. The van der Waals surface area contributed by atoms with Crippen LogP contribution in [-0.2, 0) is 19.2 Å². The van der Waals surface area contributed by atoms with E-state index in [-0.39, 0.29) is 0 Å². The fourth-order valence-electron chi connectivity index (χ4n) is 5.14. The third-order valence-electron chi connectivity index (χ3n) is 7.59. The van der Waals surface area contributed by atoms with Gasteiger partial charge in [0.05, 0.1) is 0 Å². The van der Waals surface area contributed by atoms with Crippen LogP contribution in [0.5, 0.6) is 0 Å². The maximum absolute atomic E-state index is 13.5. The number of amides is 4. The maximum Gasteiger partial charge on any atom is 0.235 e. The zero-order valence-electron chi connectivity index (χ0n) is 25.1. The lowest BCUT2D eigenvalue weighted by Gasteiger charge is -2.33. The van der Waals surface area contributed by atoms with Crippen molar-refractivity contribution in [3.8, 4) is 0 Å². The van der Waals surface area contributed by atoms with E-state index in [0.717, 1.165) is 89.9 Å². The summed E-state index contributed by atoms with van der Waals surface area (Å²) in [6, 6.07) is 0. The fraction of sp³-hybridized carbons (Fsp3) is 0.867. The van der Waals surface area contributed by atoms with Crippen LogP contribution in [0.25, 0.3) is 0 Å². The molecular formula is C30H58N4O4. The SMILES string of the molecule is CCCCCCCC(C(C(N)=O)C(=O)N(C)CCCCCCC)C(C(N)=O)C(=O)N(C)CCCCCCC. The zero-order chi connectivity index (χ0) is 28.9. The molecule has 0 spiro atoms. The van der Waals surface area contributed by atoms with Crippen molar-refractivity contribution >= 4 is 23.6 Å². The summed E-state index contributed by atoms with van der Waals surface area (Å²) in [5, 5.41) is 0. The van der Waals surface area contributed by atoms with Crippen LogP contribution in [0.4, 0.5) is 0 Å². The van der Waals surface area contributed by atoms with Crippen molar-refractivity contribution in [1.29, 1.82) is 0 Å². The number of nitrogens with two attached hydrogens (primary N) is 2. The van der Waals surface area contributed by atoms with E-state index in [1.165, 1.54) is 9.80 Å². The Kier molecular flexibility index (Phi) is 20.6. The molecule has 0 heterocycles. The van der Waals surface area contributed by atoms with E-state index < -0.39 is 41.4 Å². The molecule has 38 heavy (non-hydrogen) atoms. The van der Waals surface area contributed by atoms with Crippen LogP contribution < -0.4 is 11.5 Å². The molecule has 222 valence electrons. The third kappa shape index (κ3) is 14.1. The number of hydrogen-bond acceptors (Lipinski definition) is 4. The number of unbranched alkanes of at least 4 members (excludes halogenated alkanes) is 12. The second-order valence-electron chi connectivity index (χ2n) is 11.0. The van der Waals surface area contributed by atoms with Crippen LogP contribution in [0, 0.1) is 17.8 Å². The number of rotatable bonds is 24. The van der Waals surface area contributed by atoms with Crippen LogP contribution in [0.15, 0.2) is 0 Å². The molecule has 0 aromatic heterocycles. The Hall–Kier alpha value is -2.12. The smallest absolute Gasteiger partial charge is 0.235 e. The van der Waals surface area contributed by atoms with E-state index in [2.05, 4.69) is 20.8 Å². The van der Waals surface area contributed by atoms with Gasteiger partial charge in [-0.05, 0) is 25.2 Å². The summed E-state index contributed by atoms with van der Waals surface area (Å²) >= 11 is 0. The van der Waals surface area contributed by atoms with Crippen molar-refractivity contribution in [2.45, 2.75) is 124 Å². The highest BCUT2D eigenvalue weighted by molar-refractivity contribution is 6.04. The molecule has 0 saturated carbocycles. The van der Waals surface area contributed by atoms with E-state index in [1.807, 2.05) is 0 Å². The molecule has 2 atom stereocenters. The first-order valence-corrected chi connectivity index (χ1v) is 15.2. The average molecular weight is 539 g/mol. The van der Waals surface area contributed by atoms with Crippen LogP contribution in [0.2, 0.25) is 0 Å². The van der Waals surface area contributed by atoms with Gasteiger partial charge in [-0.3, -0.25) is 19.2 Å². The normalized spacial score (nSPS) is 13.5. The molecule has 0 fully saturated rings. The number of hydrogen-bond donors (Lipinski definition) is 2. The largest absolute Gasteiger partial charge is 0.369 e. The van der Waals surface area contributed by atoms with Gasteiger partial charge >= 0.3 is 0 Å². The lowest BCUT2D eigenvalue weighted by atomic mass is 9.75. The standard InChI is InChI=1S/C30H58N4O4/c1-6-9-12-15-18-21-24(25(27(31)35)29(37)33(4)22-19-16-13-10-7-2)26(28(32)36)30(38)34(5)23-20-17-14-11-8-3/h24-26H,6-23H2,1-5H3,(H2,31,35)(H2,32,36). The minimum Gasteiger partial charge on any atom is -0.369 e. The topological polar surface area (TPSA) is 127 Å². The highest BCUT2D eigenvalue weighted by atomic mass is 16.2. The van der Waals surface area contributed by atoms with Gasteiger partial charge in [0.2, 0.25) is 23.6 Å². The molecule has 8 heteroatoms. The van der Waals surface area contributed by atoms with Crippen LogP contribution in [-0.4, -0.2) is 60.6 Å². The Labute approximate surface area is 232 Å². The average Bonchev–Trinajstić information content (AvgIpc) is 2.87. The lowest BCUT2D eigenvalue weighted by Crippen LogP contribution is -2.52. The molecule has 0 aromatic rings. The minimum atomic E-state index is -1.26. The number of nitrogens with zero attached hydrogens (tertiary/aromatic N) is 2. The molecule has 2 unspecified atom stereocenters. The Morgan fingerprint density at radius 1 is 0.526 bits per heavy atom. The van der Waals surface area contributed by atoms with Crippen molar-refractivity contribution in [3.05, 3.63) is 0 Å². The predicted octanol–water partition coefficient (Wildman–Crippen LogP) is 5.02. The van der Waals surface area contributed by atoms with Gasteiger partial charge in [-0.15, -0.1) is 0 Å². The molecule has 0 aliphatic rings. The summed E-state index contributed by atoms with van der Waals surface area (Å²) in [5.41, 5.74) is 11.6. The number of primary amides is 2. The summed E-state index contributed by atoms with van der Waals surface area (Å²) in [6.07, 6.45) is 15.6. The summed E-state index contributed by atoms with van der Waals surface area (Å²) < 4.78 is 0. The molecule has 8 nitrogen and oxygen atoms in total. The van der Waals surface area contributed by atoms with Gasteiger partial charge in [-0.25, -0.2) is 0 Å². The maximum atomic E-state index is 13.5. The van der Waals surface area contributed by atoms with Crippen LogP contribution >= 0.6 is 0 Å². The van der Waals surface area contributed by atoms with E-state index in [9.17, 15) is 19.2 Å². The third-order valence-corrected chi connectivity index (χ3v) is 7.59. The molecule has 4 N–H and O–H groups in total. The summed E-state index contributed by atoms with van der Waals surface area (Å²) in [7, 11) is 3.33. The highest BCUT2D eigenvalue weighted by Gasteiger charge is 2.45. The molecular weight excluding hydrogens is 480 g/mol. The van der Waals surface area contributed by atoms with E-state index in [4.69, 9.17) is 11.5 Å². The van der Waals surface area contributed by atoms with Gasteiger partial charge in [0.25, 0.3) is 0 Å². The summed E-state index contributed by atoms with van der Waals surface area (Å²) in [6.45, 7) is 7.43. The molecule has 0 aromatic carbocycles. The number of carbonyl (C=O) groups excluding carboxylic acids is 4. The van der Waals surface area contributed by atoms with Crippen molar-refractivity contribution in [2.75, 3.05) is 27.2 Å². The molecule has 0 bridgehead atoms. The Bertz CT molecular complexity index is 635. The van der Waals surface area contributed by atoms with Crippen molar-refractivity contribution in [3.63, 3.8) is 0 Å². The van der Waals surface area contributed by atoms with Gasteiger partial charge in [0.15, 0.2) is 0 Å². The van der Waals surface area contributed by atoms with E-state index in [1.54, 1.807) is 14.1 Å². The highest BCUT2D eigenvalue weighted by Crippen LogP contribution is 2.31. The quantitative estimate of drug-likeness (QED) is 0.132. The van der Waals surface area contributed by atoms with Crippen molar-refractivity contribution in [2.24, 2.45) is 29.2 Å². The first-order chi connectivity index (χ1) is 18.1. The lowest BCUT2D eigenvalue weighted by molar-refractivity contribution is -0.149. The molecule has 0 aliphatic carbocycles. The van der Waals surface area contributed by atoms with Crippen LogP contribution in [0.3, 0.4) is 0 Å². The Morgan fingerprint density at radius 3 is 1.16 bits per heavy atom. The summed E-state index contributed by atoms with van der Waals surface area (Å²) in [5.74, 6) is -5.82. The van der Waals surface area contributed by atoms with Gasteiger partial charge < -0.3 is 21.3 Å². The van der Waals surface area contributed by atoms with E-state index in [0.29, 0.717) is 25.9 Å². The van der Waals surface area contributed by atoms with Crippen molar-refractivity contribution in [1.82, 2.24) is 9.80 Å². The monoisotopic (exact) mass is 538 g/mol. The first-order valence-electron chi connectivity index (χ1n) is 15.2. The molecule has 4 amide bonds. The minimum absolute atomic E-state index is 0.372. The predicted molar refractivity (Wildman–Crippen MR) is 155 cm³/mol. The second-order valence-corrected chi connectivity index (χ2v) is 11.0. The Balaban J connectivity index is 5.78. The number of carbonyl (C=O) groups is 4. The zero-order valence-corrected chi connectivity index (χ0v) is 25.1. The molecule has 0 radical (unpaired) electrons. The van der Waals surface area contributed by atoms with Gasteiger partial charge in [0, 0.05) is 27.2 Å². The van der Waals surface area contributed by atoms with Gasteiger partial charge in [-0.2, -0.15) is 0 Å².